The molecule has 1 aliphatic heterocycles. The first-order valence-electron chi connectivity index (χ1n) is 6.59. The van der Waals surface area contributed by atoms with Crippen molar-refractivity contribution in [3.05, 3.63) is 35.9 Å². The number of nitrogens with zero attached hydrogens (tertiary/aromatic N) is 2. The minimum Gasteiger partial charge on any atom is -0.493 e. The highest BCUT2D eigenvalue weighted by atomic mass is 16.5. The summed E-state index contributed by atoms with van der Waals surface area (Å²) < 4.78 is 5.51. The summed E-state index contributed by atoms with van der Waals surface area (Å²) in [5.74, 6) is 1.80. The molecule has 0 saturated carbocycles. The molecular formula is C15H17N3O. The lowest BCUT2D eigenvalue weighted by Crippen LogP contribution is -2.11. The smallest absolute Gasteiger partial charge is 0.148 e. The molecule has 3 rings (SSSR count). The third-order valence-corrected chi connectivity index (χ3v) is 3.09. The van der Waals surface area contributed by atoms with Gasteiger partial charge in [0.05, 0.1) is 12.3 Å². The molecule has 0 spiro atoms. The first-order valence-corrected chi connectivity index (χ1v) is 6.59. The van der Waals surface area contributed by atoms with Gasteiger partial charge < -0.3 is 10.1 Å². The lowest BCUT2D eigenvalue weighted by Gasteiger charge is -2.08. The van der Waals surface area contributed by atoms with Gasteiger partial charge in [-0.25, -0.2) is 0 Å². The third-order valence-electron chi connectivity index (χ3n) is 3.09. The fourth-order valence-corrected chi connectivity index (χ4v) is 2.20. The molecule has 1 N–H and O–H groups in total. The van der Waals surface area contributed by atoms with Crippen molar-refractivity contribution in [3.8, 4) is 17.0 Å². The highest BCUT2D eigenvalue weighted by molar-refractivity contribution is 5.63. The Kier molecular flexibility index (Phi) is 3.07. The van der Waals surface area contributed by atoms with Crippen LogP contribution in [0.5, 0.6) is 5.75 Å². The van der Waals surface area contributed by atoms with Crippen LogP contribution in [0.1, 0.15) is 19.4 Å². The summed E-state index contributed by atoms with van der Waals surface area (Å²) in [6, 6.07) is 10.5. The first-order chi connectivity index (χ1) is 9.22. The van der Waals surface area contributed by atoms with Crippen LogP contribution in [-0.4, -0.2) is 22.8 Å². The predicted molar refractivity (Wildman–Crippen MR) is 75.4 cm³/mol. The number of ether oxygens (including phenoxy) is 1. The van der Waals surface area contributed by atoms with Crippen molar-refractivity contribution < 1.29 is 4.74 Å². The van der Waals surface area contributed by atoms with E-state index in [1.165, 1.54) is 5.56 Å². The average molecular weight is 255 g/mol. The Morgan fingerprint density at radius 2 is 2.05 bits per heavy atom. The Balaban J connectivity index is 1.86. The van der Waals surface area contributed by atoms with Gasteiger partial charge in [0.2, 0.25) is 0 Å². The molecule has 0 unspecified atom stereocenters. The minimum atomic E-state index is 0.359. The van der Waals surface area contributed by atoms with Crippen LogP contribution in [-0.2, 0) is 6.42 Å². The molecule has 4 heteroatoms. The molecule has 0 amide bonds. The van der Waals surface area contributed by atoms with E-state index < -0.39 is 0 Å². The lowest BCUT2D eigenvalue weighted by atomic mass is 10.1. The van der Waals surface area contributed by atoms with Gasteiger partial charge in [-0.05, 0) is 49.7 Å². The van der Waals surface area contributed by atoms with Crippen LogP contribution in [0.15, 0.2) is 30.3 Å². The van der Waals surface area contributed by atoms with Gasteiger partial charge in [0.1, 0.15) is 11.6 Å². The van der Waals surface area contributed by atoms with Gasteiger partial charge in [0.15, 0.2) is 0 Å². The van der Waals surface area contributed by atoms with E-state index in [2.05, 4.69) is 35.4 Å². The summed E-state index contributed by atoms with van der Waals surface area (Å²) in [6.45, 7) is 4.94. The quantitative estimate of drug-likeness (QED) is 0.916. The summed E-state index contributed by atoms with van der Waals surface area (Å²) in [5, 5.41) is 11.7. The zero-order valence-electron chi connectivity index (χ0n) is 11.2. The maximum atomic E-state index is 5.51. The number of benzene rings is 1. The number of anilines is 1. The van der Waals surface area contributed by atoms with Gasteiger partial charge in [-0.2, -0.15) is 0 Å². The third kappa shape index (κ3) is 2.52. The Morgan fingerprint density at radius 3 is 2.79 bits per heavy atom. The molecule has 0 aliphatic carbocycles. The van der Waals surface area contributed by atoms with Crippen LogP contribution in [0.3, 0.4) is 0 Å². The number of nitrogens with one attached hydrogen (secondary N) is 1. The topological polar surface area (TPSA) is 47.0 Å². The van der Waals surface area contributed by atoms with E-state index >= 15 is 0 Å². The predicted octanol–water partition coefficient (Wildman–Crippen LogP) is 2.90. The van der Waals surface area contributed by atoms with E-state index in [1.54, 1.807) is 0 Å². The first kappa shape index (κ1) is 12.0. The van der Waals surface area contributed by atoms with Gasteiger partial charge >= 0.3 is 0 Å². The fraction of sp³-hybridized carbons (Fsp3) is 0.333. The molecule has 2 heterocycles. The maximum Gasteiger partial charge on any atom is 0.148 e. The summed E-state index contributed by atoms with van der Waals surface area (Å²) >= 11 is 0. The van der Waals surface area contributed by atoms with Crippen LogP contribution in [0, 0.1) is 0 Å². The highest BCUT2D eigenvalue weighted by Gasteiger charge is 2.13. The number of aromatic nitrogens is 2. The molecule has 0 radical (unpaired) electrons. The van der Waals surface area contributed by atoms with Crippen LogP contribution in [0.2, 0.25) is 0 Å². The Morgan fingerprint density at radius 1 is 1.16 bits per heavy atom. The Labute approximate surface area is 112 Å². The van der Waals surface area contributed by atoms with Crippen LogP contribution in [0.4, 0.5) is 5.82 Å². The monoisotopic (exact) mass is 255 g/mol. The molecule has 0 saturated heterocycles. The average Bonchev–Trinajstić information content (AvgIpc) is 2.86. The Hall–Kier alpha value is -2.10. The van der Waals surface area contributed by atoms with Gasteiger partial charge in [-0.15, -0.1) is 10.2 Å². The minimum absolute atomic E-state index is 0.359. The van der Waals surface area contributed by atoms with Crippen molar-refractivity contribution in [2.75, 3.05) is 11.9 Å². The fourth-order valence-electron chi connectivity index (χ4n) is 2.20. The molecule has 98 valence electrons. The van der Waals surface area contributed by atoms with Crippen molar-refractivity contribution in [3.63, 3.8) is 0 Å². The lowest BCUT2D eigenvalue weighted by molar-refractivity contribution is 0.357. The maximum absolute atomic E-state index is 5.51. The number of hydrogen-bond acceptors (Lipinski definition) is 4. The second kappa shape index (κ2) is 4.88. The highest BCUT2D eigenvalue weighted by Crippen LogP contribution is 2.29. The van der Waals surface area contributed by atoms with E-state index in [0.29, 0.717) is 6.04 Å². The van der Waals surface area contributed by atoms with Crippen LogP contribution in [0.25, 0.3) is 11.3 Å². The van der Waals surface area contributed by atoms with Gasteiger partial charge in [0.25, 0.3) is 0 Å². The molecule has 0 fully saturated rings. The SMILES string of the molecule is CC(C)Nc1ccc(-c2ccc3c(c2)CCO3)nn1. The van der Waals surface area contributed by atoms with Gasteiger partial charge in [-0.1, -0.05) is 0 Å². The largest absolute Gasteiger partial charge is 0.493 e. The van der Waals surface area contributed by atoms with E-state index in [1.807, 2.05) is 24.3 Å². The molecule has 0 bridgehead atoms. The normalized spacial score (nSPS) is 13.2. The number of fused-ring (bicyclic) bond motifs is 1. The summed E-state index contributed by atoms with van der Waals surface area (Å²) in [5.41, 5.74) is 3.24. The molecule has 0 atom stereocenters. The van der Waals surface area contributed by atoms with E-state index in [9.17, 15) is 0 Å². The second-order valence-corrected chi connectivity index (χ2v) is 5.02. The standard InChI is InChI=1S/C15H17N3O/c1-10(2)16-15-6-4-13(17-18-15)11-3-5-14-12(9-11)7-8-19-14/h3-6,9-10H,7-8H2,1-2H3,(H,16,18). The van der Waals surface area contributed by atoms with Crippen molar-refractivity contribution in [2.24, 2.45) is 0 Å². The van der Waals surface area contributed by atoms with Gasteiger partial charge in [-0.3, -0.25) is 0 Å². The number of hydrogen-bond donors (Lipinski definition) is 1. The zero-order valence-corrected chi connectivity index (χ0v) is 11.2. The van der Waals surface area contributed by atoms with E-state index in [0.717, 1.165) is 35.9 Å². The molecule has 1 aliphatic rings. The van der Waals surface area contributed by atoms with Crippen molar-refractivity contribution in [1.29, 1.82) is 0 Å². The van der Waals surface area contributed by atoms with Gasteiger partial charge in [0, 0.05) is 18.0 Å². The van der Waals surface area contributed by atoms with Crippen LogP contribution >= 0.6 is 0 Å². The molecule has 19 heavy (non-hydrogen) atoms. The van der Waals surface area contributed by atoms with E-state index in [4.69, 9.17) is 4.74 Å². The summed E-state index contributed by atoms with van der Waals surface area (Å²) in [6.07, 6.45) is 0.976. The Bertz CT molecular complexity index is 578. The molecule has 1 aromatic heterocycles. The van der Waals surface area contributed by atoms with Crippen molar-refractivity contribution in [2.45, 2.75) is 26.3 Å². The molecule has 4 nitrogen and oxygen atoms in total. The zero-order chi connectivity index (χ0) is 13.2. The number of rotatable bonds is 3. The molecule has 2 aromatic rings. The van der Waals surface area contributed by atoms with Crippen LogP contribution < -0.4 is 10.1 Å². The van der Waals surface area contributed by atoms with E-state index in [-0.39, 0.29) is 0 Å². The second-order valence-electron chi connectivity index (χ2n) is 5.02. The molecule has 1 aromatic carbocycles. The molecular weight excluding hydrogens is 238 g/mol. The summed E-state index contributed by atoms with van der Waals surface area (Å²) in [7, 11) is 0. The van der Waals surface area contributed by atoms with Crippen molar-refractivity contribution >= 4 is 5.82 Å². The van der Waals surface area contributed by atoms with Crippen molar-refractivity contribution in [1.82, 2.24) is 10.2 Å². The summed E-state index contributed by atoms with van der Waals surface area (Å²) in [4.78, 5) is 0.